The van der Waals surface area contributed by atoms with Crippen molar-refractivity contribution in [2.45, 2.75) is 20.3 Å². The second-order valence-corrected chi connectivity index (χ2v) is 6.78. The molecule has 0 atom stereocenters. The smallest absolute Gasteiger partial charge is 0.219 e. The third kappa shape index (κ3) is 6.68. The highest BCUT2D eigenvalue weighted by atomic mass is 32.2. The standard InChI is InChI=1S/C14H21FN2O3S/c1-3-21(19,20)16-9-11-17(12(2)18)10-8-13-4-6-14(15)7-5-13/h4-7,16H,3,8-11H2,1-2H3. The minimum atomic E-state index is -3.24. The summed E-state index contributed by atoms with van der Waals surface area (Å²) in [6.45, 7) is 3.97. The summed E-state index contributed by atoms with van der Waals surface area (Å²) in [5.41, 5.74) is 0.928. The first-order valence-corrected chi connectivity index (χ1v) is 8.46. The fourth-order valence-corrected chi connectivity index (χ4v) is 2.39. The number of hydrogen-bond donors (Lipinski definition) is 1. The maximum Gasteiger partial charge on any atom is 0.219 e. The molecule has 0 aliphatic heterocycles. The SMILES string of the molecule is CCS(=O)(=O)NCCN(CCc1ccc(F)cc1)C(C)=O. The molecule has 5 nitrogen and oxygen atoms in total. The van der Waals surface area contributed by atoms with E-state index in [2.05, 4.69) is 4.72 Å². The number of sulfonamides is 1. The van der Waals surface area contributed by atoms with Crippen molar-refractivity contribution in [2.75, 3.05) is 25.4 Å². The van der Waals surface area contributed by atoms with Gasteiger partial charge >= 0.3 is 0 Å². The maximum atomic E-state index is 12.8. The van der Waals surface area contributed by atoms with E-state index in [9.17, 15) is 17.6 Å². The van der Waals surface area contributed by atoms with Crippen molar-refractivity contribution in [1.29, 1.82) is 0 Å². The molecular weight excluding hydrogens is 295 g/mol. The molecule has 118 valence electrons. The lowest BCUT2D eigenvalue weighted by Crippen LogP contribution is -2.38. The molecule has 0 saturated carbocycles. The van der Waals surface area contributed by atoms with Crippen LogP contribution in [0.5, 0.6) is 0 Å². The fraction of sp³-hybridized carbons (Fsp3) is 0.500. The predicted octanol–water partition coefficient (Wildman–Crippen LogP) is 1.16. The number of halogens is 1. The molecule has 21 heavy (non-hydrogen) atoms. The third-order valence-electron chi connectivity index (χ3n) is 3.11. The molecule has 1 rings (SSSR count). The minimum absolute atomic E-state index is 0.0165. The molecular formula is C14H21FN2O3S. The van der Waals surface area contributed by atoms with Crippen LogP contribution in [-0.2, 0) is 21.2 Å². The van der Waals surface area contributed by atoms with Gasteiger partial charge in [-0.2, -0.15) is 0 Å². The van der Waals surface area contributed by atoms with Gasteiger partial charge in [-0.1, -0.05) is 12.1 Å². The molecule has 1 amide bonds. The van der Waals surface area contributed by atoms with Crippen LogP contribution in [0.3, 0.4) is 0 Å². The molecule has 0 fully saturated rings. The molecule has 0 saturated heterocycles. The van der Waals surface area contributed by atoms with Crippen molar-refractivity contribution < 1.29 is 17.6 Å². The molecule has 0 unspecified atom stereocenters. The molecule has 0 bridgehead atoms. The molecule has 1 aromatic rings. The number of amides is 1. The molecule has 0 heterocycles. The van der Waals surface area contributed by atoms with E-state index in [-0.39, 0.29) is 24.0 Å². The second-order valence-electron chi connectivity index (χ2n) is 4.68. The Kier molecular flexibility index (Phi) is 6.77. The Bertz CT molecular complexity index is 558. The van der Waals surface area contributed by atoms with Gasteiger partial charge in [-0.15, -0.1) is 0 Å². The van der Waals surface area contributed by atoms with Gasteiger partial charge in [-0.05, 0) is 31.0 Å². The monoisotopic (exact) mass is 316 g/mol. The van der Waals surface area contributed by atoms with Crippen molar-refractivity contribution in [3.8, 4) is 0 Å². The van der Waals surface area contributed by atoms with E-state index >= 15 is 0 Å². The minimum Gasteiger partial charge on any atom is -0.341 e. The van der Waals surface area contributed by atoms with Crippen LogP contribution in [0, 0.1) is 5.82 Å². The number of hydrogen-bond acceptors (Lipinski definition) is 3. The van der Waals surface area contributed by atoms with Crippen molar-refractivity contribution in [3.63, 3.8) is 0 Å². The summed E-state index contributed by atoms with van der Waals surface area (Å²) in [5, 5.41) is 0. The van der Waals surface area contributed by atoms with E-state index < -0.39 is 10.0 Å². The van der Waals surface area contributed by atoms with Gasteiger partial charge < -0.3 is 4.90 Å². The molecule has 0 aliphatic rings. The van der Waals surface area contributed by atoms with Gasteiger partial charge in [0.1, 0.15) is 5.82 Å². The summed E-state index contributed by atoms with van der Waals surface area (Å²) in [6, 6.07) is 6.10. The van der Waals surface area contributed by atoms with Crippen LogP contribution in [0.25, 0.3) is 0 Å². The molecule has 0 spiro atoms. The first-order valence-electron chi connectivity index (χ1n) is 6.81. The zero-order chi connectivity index (χ0) is 15.9. The average Bonchev–Trinajstić information content (AvgIpc) is 2.44. The first-order chi connectivity index (χ1) is 9.84. The van der Waals surface area contributed by atoms with Crippen molar-refractivity contribution in [2.24, 2.45) is 0 Å². The summed E-state index contributed by atoms with van der Waals surface area (Å²) in [7, 11) is -3.24. The summed E-state index contributed by atoms with van der Waals surface area (Å²) in [6.07, 6.45) is 0.598. The molecule has 0 aliphatic carbocycles. The number of carbonyl (C=O) groups excluding carboxylic acids is 1. The summed E-state index contributed by atoms with van der Waals surface area (Å²) >= 11 is 0. The highest BCUT2D eigenvalue weighted by Crippen LogP contribution is 2.04. The van der Waals surface area contributed by atoms with E-state index in [1.165, 1.54) is 19.1 Å². The van der Waals surface area contributed by atoms with Crippen LogP contribution in [-0.4, -0.2) is 44.6 Å². The molecule has 0 radical (unpaired) electrons. The van der Waals surface area contributed by atoms with Gasteiger partial charge in [0.2, 0.25) is 15.9 Å². The lowest BCUT2D eigenvalue weighted by Gasteiger charge is -2.21. The average molecular weight is 316 g/mol. The summed E-state index contributed by atoms with van der Waals surface area (Å²) in [5.74, 6) is -0.396. The predicted molar refractivity (Wildman–Crippen MR) is 79.8 cm³/mol. The third-order valence-corrected chi connectivity index (χ3v) is 4.52. The number of carbonyl (C=O) groups is 1. The van der Waals surface area contributed by atoms with Gasteiger partial charge in [0.05, 0.1) is 5.75 Å². The maximum absolute atomic E-state index is 12.8. The summed E-state index contributed by atoms with van der Waals surface area (Å²) in [4.78, 5) is 13.1. The Balaban J connectivity index is 2.47. The normalized spacial score (nSPS) is 11.4. The lowest BCUT2D eigenvalue weighted by molar-refractivity contribution is -0.128. The van der Waals surface area contributed by atoms with Gasteiger partial charge in [-0.3, -0.25) is 4.79 Å². The Morgan fingerprint density at radius 2 is 1.86 bits per heavy atom. The topological polar surface area (TPSA) is 66.5 Å². The van der Waals surface area contributed by atoms with Gasteiger partial charge in [0.15, 0.2) is 0 Å². The van der Waals surface area contributed by atoms with Gasteiger partial charge in [0.25, 0.3) is 0 Å². The van der Waals surface area contributed by atoms with E-state index in [1.807, 2.05) is 0 Å². The van der Waals surface area contributed by atoms with Crippen LogP contribution >= 0.6 is 0 Å². The number of nitrogens with zero attached hydrogens (tertiary/aromatic N) is 1. The molecule has 7 heteroatoms. The van der Waals surface area contributed by atoms with Crippen LogP contribution < -0.4 is 4.72 Å². The molecule has 0 aromatic heterocycles. The quantitative estimate of drug-likeness (QED) is 0.782. The number of rotatable bonds is 8. The van der Waals surface area contributed by atoms with Crippen LogP contribution in [0.15, 0.2) is 24.3 Å². The highest BCUT2D eigenvalue weighted by molar-refractivity contribution is 7.89. The Morgan fingerprint density at radius 1 is 1.24 bits per heavy atom. The molecule has 1 N–H and O–H groups in total. The zero-order valence-electron chi connectivity index (χ0n) is 12.3. The van der Waals surface area contributed by atoms with Gasteiger partial charge in [-0.25, -0.2) is 17.5 Å². The highest BCUT2D eigenvalue weighted by Gasteiger charge is 2.11. The summed E-state index contributed by atoms with van der Waals surface area (Å²) < 4.78 is 37.8. The van der Waals surface area contributed by atoms with Crippen LogP contribution in [0.1, 0.15) is 19.4 Å². The Hall–Kier alpha value is -1.47. The Labute approximate surface area is 125 Å². The first kappa shape index (κ1) is 17.6. The van der Waals surface area contributed by atoms with Crippen molar-refractivity contribution in [1.82, 2.24) is 9.62 Å². The van der Waals surface area contributed by atoms with Crippen LogP contribution in [0.2, 0.25) is 0 Å². The van der Waals surface area contributed by atoms with E-state index in [4.69, 9.17) is 0 Å². The van der Waals surface area contributed by atoms with E-state index in [0.29, 0.717) is 19.5 Å². The second kappa shape index (κ2) is 8.09. The van der Waals surface area contributed by atoms with Crippen LogP contribution in [0.4, 0.5) is 4.39 Å². The Morgan fingerprint density at radius 3 is 2.38 bits per heavy atom. The number of nitrogens with one attached hydrogen (secondary N) is 1. The molecule has 1 aromatic carbocycles. The van der Waals surface area contributed by atoms with E-state index in [1.54, 1.807) is 24.0 Å². The van der Waals surface area contributed by atoms with Gasteiger partial charge in [0, 0.05) is 26.6 Å². The fourth-order valence-electron chi connectivity index (χ4n) is 1.78. The lowest BCUT2D eigenvalue weighted by atomic mass is 10.1. The zero-order valence-corrected chi connectivity index (χ0v) is 13.1. The van der Waals surface area contributed by atoms with E-state index in [0.717, 1.165) is 5.56 Å². The van der Waals surface area contributed by atoms with Crippen molar-refractivity contribution >= 4 is 15.9 Å². The van der Waals surface area contributed by atoms with Crippen molar-refractivity contribution in [3.05, 3.63) is 35.6 Å². The number of benzene rings is 1. The largest absolute Gasteiger partial charge is 0.341 e.